The first-order valence-electron chi connectivity index (χ1n) is 4.49. The average Bonchev–Trinajstić information content (AvgIpc) is 2.44. The number of amides is 1. The normalized spacial score (nSPS) is 48.1. The van der Waals surface area contributed by atoms with Crippen molar-refractivity contribution in [2.24, 2.45) is 29.4 Å². The highest BCUT2D eigenvalue weighted by Gasteiger charge is 2.47. The Morgan fingerprint density at radius 2 is 2.00 bits per heavy atom. The molecule has 0 saturated heterocycles. The summed E-state index contributed by atoms with van der Waals surface area (Å²) < 4.78 is 0. The van der Waals surface area contributed by atoms with Crippen LogP contribution >= 0.6 is 0 Å². The second-order valence-corrected chi connectivity index (χ2v) is 4.12. The van der Waals surface area contributed by atoms with E-state index in [0.29, 0.717) is 11.8 Å². The Hall–Kier alpha value is -0.530. The Bertz CT molecular complexity index is 188. The van der Waals surface area contributed by atoms with Gasteiger partial charge in [0.2, 0.25) is 5.91 Å². The summed E-state index contributed by atoms with van der Waals surface area (Å²) in [4.78, 5) is 11.0. The van der Waals surface area contributed by atoms with Crippen molar-refractivity contribution in [1.29, 1.82) is 0 Å². The van der Waals surface area contributed by atoms with E-state index in [1.807, 2.05) is 0 Å². The van der Waals surface area contributed by atoms with Crippen molar-refractivity contribution in [3.8, 4) is 0 Å². The van der Waals surface area contributed by atoms with Crippen LogP contribution in [-0.4, -0.2) is 5.91 Å². The monoisotopic (exact) mass is 153 g/mol. The number of rotatable bonds is 1. The highest BCUT2D eigenvalue weighted by molar-refractivity contribution is 5.77. The molecule has 0 spiro atoms. The molecule has 0 heterocycles. The van der Waals surface area contributed by atoms with Crippen molar-refractivity contribution in [3.05, 3.63) is 0 Å². The molecule has 0 unspecified atom stereocenters. The summed E-state index contributed by atoms with van der Waals surface area (Å²) in [7, 11) is 0. The summed E-state index contributed by atoms with van der Waals surface area (Å²) in [6, 6.07) is 0. The quantitative estimate of drug-likeness (QED) is 0.603. The zero-order chi connectivity index (χ0) is 8.01. The van der Waals surface area contributed by atoms with E-state index in [1.165, 1.54) is 19.3 Å². The van der Waals surface area contributed by atoms with Crippen LogP contribution in [0.15, 0.2) is 0 Å². The van der Waals surface area contributed by atoms with Crippen LogP contribution in [0.5, 0.6) is 0 Å². The highest BCUT2D eigenvalue weighted by Crippen LogP contribution is 2.51. The third-order valence-electron chi connectivity index (χ3n) is 3.66. The molecule has 0 aliphatic heterocycles. The molecular weight excluding hydrogens is 138 g/mol. The predicted molar refractivity (Wildman–Crippen MR) is 42.7 cm³/mol. The van der Waals surface area contributed by atoms with Gasteiger partial charge in [-0.05, 0) is 37.0 Å². The Balaban J connectivity index is 2.17. The molecule has 2 rings (SSSR count). The minimum Gasteiger partial charge on any atom is -0.369 e. The molecule has 0 aromatic heterocycles. The van der Waals surface area contributed by atoms with E-state index < -0.39 is 0 Å². The zero-order valence-electron chi connectivity index (χ0n) is 6.92. The van der Waals surface area contributed by atoms with Crippen molar-refractivity contribution >= 4 is 5.91 Å². The van der Waals surface area contributed by atoms with Gasteiger partial charge in [0, 0.05) is 5.92 Å². The van der Waals surface area contributed by atoms with Gasteiger partial charge in [-0.3, -0.25) is 4.79 Å². The first-order chi connectivity index (χ1) is 5.20. The second kappa shape index (κ2) is 2.23. The predicted octanol–water partition coefficient (Wildman–Crippen LogP) is 1.15. The maximum atomic E-state index is 11.0. The molecule has 2 N–H and O–H groups in total. The number of carbonyl (C=O) groups is 1. The van der Waals surface area contributed by atoms with Crippen LogP contribution in [0.25, 0.3) is 0 Å². The molecule has 0 aromatic carbocycles. The Morgan fingerprint density at radius 3 is 2.36 bits per heavy atom. The standard InChI is InChI=1S/C9H15NO/c1-5-6-2-3-7(4-6)8(5)9(10)11/h5-8H,2-4H2,1H3,(H2,10,11)/t5-,6-,7+,8+/m0/s1. The Morgan fingerprint density at radius 1 is 1.36 bits per heavy atom. The molecule has 62 valence electrons. The topological polar surface area (TPSA) is 43.1 Å². The van der Waals surface area contributed by atoms with Gasteiger partial charge >= 0.3 is 0 Å². The van der Waals surface area contributed by atoms with Crippen molar-refractivity contribution in [2.45, 2.75) is 26.2 Å². The lowest BCUT2D eigenvalue weighted by Gasteiger charge is -2.24. The van der Waals surface area contributed by atoms with Gasteiger partial charge in [-0.15, -0.1) is 0 Å². The van der Waals surface area contributed by atoms with E-state index in [-0.39, 0.29) is 11.8 Å². The summed E-state index contributed by atoms with van der Waals surface area (Å²) in [6.45, 7) is 2.18. The molecule has 2 saturated carbocycles. The molecule has 2 heteroatoms. The molecule has 2 nitrogen and oxygen atoms in total. The van der Waals surface area contributed by atoms with Crippen LogP contribution in [0.2, 0.25) is 0 Å². The molecule has 2 bridgehead atoms. The third-order valence-corrected chi connectivity index (χ3v) is 3.66. The molecule has 0 radical (unpaired) electrons. The van der Waals surface area contributed by atoms with E-state index >= 15 is 0 Å². The molecule has 2 fully saturated rings. The SMILES string of the molecule is C[C@H]1[C@H]2CC[C@H](C2)[C@@H]1C(N)=O. The zero-order valence-corrected chi connectivity index (χ0v) is 6.92. The minimum atomic E-state index is -0.0651. The summed E-state index contributed by atoms with van der Waals surface area (Å²) in [5.74, 6) is 2.13. The van der Waals surface area contributed by atoms with Gasteiger partial charge in [0.25, 0.3) is 0 Å². The lowest BCUT2D eigenvalue weighted by Crippen LogP contribution is -2.32. The molecule has 2 aliphatic carbocycles. The number of fused-ring (bicyclic) bond motifs is 2. The molecular formula is C9H15NO. The van der Waals surface area contributed by atoms with Crippen LogP contribution in [0.1, 0.15) is 26.2 Å². The van der Waals surface area contributed by atoms with Gasteiger partial charge in [0.15, 0.2) is 0 Å². The summed E-state index contributed by atoms with van der Waals surface area (Å²) in [5.41, 5.74) is 5.34. The van der Waals surface area contributed by atoms with Gasteiger partial charge in [0.1, 0.15) is 0 Å². The summed E-state index contributed by atoms with van der Waals surface area (Å²) in [6.07, 6.45) is 3.83. The molecule has 2 aliphatic rings. The number of carbonyl (C=O) groups excluding carboxylic acids is 1. The largest absolute Gasteiger partial charge is 0.369 e. The molecule has 4 atom stereocenters. The van der Waals surface area contributed by atoms with E-state index in [4.69, 9.17) is 5.73 Å². The molecule has 0 aromatic rings. The lowest BCUT2D eigenvalue weighted by molar-refractivity contribution is -0.124. The van der Waals surface area contributed by atoms with Crippen molar-refractivity contribution in [2.75, 3.05) is 0 Å². The number of hydrogen-bond acceptors (Lipinski definition) is 1. The number of hydrogen-bond donors (Lipinski definition) is 1. The second-order valence-electron chi connectivity index (χ2n) is 4.12. The van der Waals surface area contributed by atoms with E-state index in [9.17, 15) is 4.79 Å². The highest BCUT2D eigenvalue weighted by atomic mass is 16.1. The van der Waals surface area contributed by atoms with E-state index in [2.05, 4.69) is 6.92 Å². The smallest absolute Gasteiger partial charge is 0.221 e. The van der Waals surface area contributed by atoms with Crippen LogP contribution in [0, 0.1) is 23.7 Å². The van der Waals surface area contributed by atoms with Crippen LogP contribution in [0.3, 0.4) is 0 Å². The minimum absolute atomic E-state index is 0.0651. The maximum absolute atomic E-state index is 11.0. The van der Waals surface area contributed by atoms with Crippen molar-refractivity contribution in [1.82, 2.24) is 0 Å². The fraction of sp³-hybridized carbons (Fsp3) is 0.889. The van der Waals surface area contributed by atoms with Crippen LogP contribution in [-0.2, 0) is 4.79 Å². The fourth-order valence-electron chi connectivity index (χ4n) is 3.07. The van der Waals surface area contributed by atoms with Crippen molar-refractivity contribution in [3.63, 3.8) is 0 Å². The van der Waals surface area contributed by atoms with Gasteiger partial charge in [0.05, 0.1) is 0 Å². The van der Waals surface area contributed by atoms with Gasteiger partial charge in [-0.2, -0.15) is 0 Å². The van der Waals surface area contributed by atoms with Crippen LogP contribution < -0.4 is 5.73 Å². The van der Waals surface area contributed by atoms with Gasteiger partial charge < -0.3 is 5.73 Å². The first kappa shape index (κ1) is 7.14. The van der Waals surface area contributed by atoms with Crippen molar-refractivity contribution < 1.29 is 4.79 Å². The summed E-state index contributed by atoms with van der Waals surface area (Å²) >= 11 is 0. The lowest BCUT2D eigenvalue weighted by atomic mass is 9.80. The Labute approximate surface area is 67.1 Å². The van der Waals surface area contributed by atoms with E-state index in [1.54, 1.807) is 0 Å². The maximum Gasteiger partial charge on any atom is 0.221 e. The van der Waals surface area contributed by atoms with Gasteiger partial charge in [-0.25, -0.2) is 0 Å². The third kappa shape index (κ3) is 0.883. The number of primary amides is 1. The first-order valence-corrected chi connectivity index (χ1v) is 4.49. The average molecular weight is 153 g/mol. The summed E-state index contributed by atoms with van der Waals surface area (Å²) in [5, 5.41) is 0. The fourth-order valence-corrected chi connectivity index (χ4v) is 3.07. The van der Waals surface area contributed by atoms with Gasteiger partial charge in [-0.1, -0.05) is 6.92 Å². The molecule has 1 amide bonds. The Kier molecular flexibility index (Phi) is 1.44. The van der Waals surface area contributed by atoms with Crippen LogP contribution in [0.4, 0.5) is 0 Å². The molecule has 11 heavy (non-hydrogen) atoms. The van der Waals surface area contributed by atoms with E-state index in [0.717, 1.165) is 5.92 Å². The number of nitrogens with two attached hydrogens (primary N) is 1.